The first-order valence-electron chi connectivity index (χ1n) is 12.0. The summed E-state index contributed by atoms with van der Waals surface area (Å²) in [4.78, 5) is 18.2. The fourth-order valence-corrected chi connectivity index (χ4v) is 7.10. The van der Waals surface area contributed by atoms with Crippen LogP contribution in [-0.2, 0) is 14.8 Å². The number of aryl methyl sites for hydroxylation is 1. The van der Waals surface area contributed by atoms with Gasteiger partial charge < -0.3 is 19.5 Å². The molecule has 0 radical (unpaired) electrons. The maximum Gasteiger partial charge on any atom is 0.243 e. The first-order chi connectivity index (χ1) is 18.3. The van der Waals surface area contributed by atoms with Gasteiger partial charge in [-0.15, -0.1) is 0 Å². The van der Waals surface area contributed by atoms with Gasteiger partial charge in [0.05, 0.1) is 33.8 Å². The summed E-state index contributed by atoms with van der Waals surface area (Å²) in [5, 5.41) is 8.07. The molecule has 1 saturated heterocycles. The van der Waals surface area contributed by atoms with E-state index < -0.39 is 15.9 Å². The first kappa shape index (κ1) is 24.6. The molecule has 1 unspecified atom stereocenters. The minimum absolute atomic E-state index is 0.0972. The highest BCUT2D eigenvalue weighted by atomic mass is 32.2. The molecular formula is C25H25N5O6S2. The van der Waals surface area contributed by atoms with E-state index in [2.05, 4.69) is 15.4 Å². The molecule has 2 aromatic heterocycles. The summed E-state index contributed by atoms with van der Waals surface area (Å²) < 4.78 is 46.4. The van der Waals surface area contributed by atoms with E-state index in [1.165, 1.54) is 34.9 Å². The number of rotatable bonds is 6. The number of methoxy groups -OCH3 is 1. The Bertz CT molecular complexity index is 1590. The number of hydrogen-bond donors (Lipinski definition) is 1. The molecule has 2 aliphatic heterocycles. The van der Waals surface area contributed by atoms with E-state index in [0.717, 1.165) is 10.2 Å². The number of sulfonamides is 1. The van der Waals surface area contributed by atoms with E-state index in [4.69, 9.17) is 14.2 Å². The van der Waals surface area contributed by atoms with Gasteiger partial charge in [0, 0.05) is 31.3 Å². The molecule has 38 heavy (non-hydrogen) atoms. The number of fused-ring (bicyclic) bond motifs is 2. The second kappa shape index (κ2) is 9.57. The van der Waals surface area contributed by atoms with E-state index in [-0.39, 0.29) is 24.1 Å². The minimum Gasteiger partial charge on any atom is -0.497 e. The molecule has 1 N–H and O–H groups in total. The summed E-state index contributed by atoms with van der Waals surface area (Å²) in [7, 11) is -2.22. The van der Waals surface area contributed by atoms with E-state index in [9.17, 15) is 13.2 Å². The summed E-state index contributed by atoms with van der Waals surface area (Å²) in [6.07, 6.45) is 1.17. The molecule has 1 amide bonds. The zero-order valence-corrected chi connectivity index (χ0v) is 22.3. The molecule has 1 fully saturated rings. The van der Waals surface area contributed by atoms with Crippen LogP contribution in [0.25, 0.3) is 15.3 Å². The van der Waals surface area contributed by atoms with Gasteiger partial charge in [0.25, 0.3) is 0 Å². The average Bonchev–Trinajstić information content (AvgIpc) is 3.64. The Morgan fingerprint density at radius 1 is 1.16 bits per heavy atom. The topological polar surface area (TPSA) is 125 Å². The van der Waals surface area contributed by atoms with E-state index in [1.807, 2.05) is 19.1 Å². The van der Waals surface area contributed by atoms with Gasteiger partial charge in [-0.05, 0) is 44.0 Å². The number of ether oxygens (including phenoxy) is 3. The second-order valence-corrected chi connectivity index (χ2v) is 12.1. The summed E-state index contributed by atoms with van der Waals surface area (Å²) in [6.45, 7) is 2.48. The third-order valence-corrected chi connectivity index (χ3v) is 9.46. The van der Waals surface area contributed by atoms with Crippen LogP contribution in [-0.4, -0.2) is 60.4 Å². The van der Waals surface area contributed by atoms with Crippen molar-refractivity contribution in [3.8, 4) is 22.4 Å². The number of anilines is 1. The Morgan fingerprint density at radius 2 is 1.92 bits per heavy atom. The molecule has 6 rings (SSSR count). The maximum absolute atomic E-state index is 13.3. The molecule has 0 bridgehead atoms. The molecular weight excluding hydrogens is 530 g/mol. The van der Waals surface area contributed by atoms with Gasteiger partial charge in [0.1, 0.15) is 11.6 Å². The number of carbonyl (C=O) groups excluding carboxylic acids is 1. The van der Waals surface area contributed by atoms with Crippen LogP contribution in [0.2, 0.25) is 0 Å². The normalized spacial score (nSPS) is 17.6. The second-order valence-electron chi connectivity index (χ2n) is 9.12. The van der Waals surface area contributed by atoms with Crippen molar-refractivity contribution in [1.82, 2.24) is 19.1 Å². The molecule has 1 atom stereocenters. The quantitative estimate of drug-likeness (QED) is 0.383. The number of thiazole rings is 1. The van der Waals surface area contributed by atoms with Crippen LogP contribution in [0.1, 0.15) is 18.5 Å². The van der Waals surface area contributed by atoms with Gasteiger partial charge in [-0.1, -0.05) is 11.3 Å². The first-order valence-corrected chi connectivity index (χ1v) is 14.3. The lowest BCUT2D eigenvalue weighted by Crippen LogP contribution is -2.43. The van der Waals surface area contributed by atoms with Crippen molar-refractivity contribution in [3.63, 3.8) is 0 Å². The molecule has 4 aromatic rings. The van der Waals surface area contributed by atoms with Crippen LogP contribution in [0, 0.1) is 12.8 Å². The molecule has 198 valence electrons. The monoisotopic (exact) mass is 555 g/mol. The van der Waals surface area contributed by atoms with Crippen LogP contribution in [0.3, 0.4) is 0 Å². The Morgan fingerprint density at radius 3 is 2.68 bits per heavy atom. The highest BCUT2D eigenvalue weighted by molar-refractivity contribution is 7.89. The van der Waals surface area contributed by atoms with Crippen molar-refractivity contribution in [2.45, 2.75) is 24.7 Å². The van der Waals surface area contributed by atoms with Gasteiger partial charge in [0.2, 0.25) is 27.9 Å². The fourth-order valence-electron chi connectivity index (χ4n) is 4.63. The standard InChI is InChI=1S/C25H25N5O6S2/c1-15-10-23(30(28-15)25-26-19-11-20-21(36-14-35-20)12-22(19)37-25)27-24(31)16-4-3-9-29(13-16)38(32,33)18-7-5-17(34-2)6-8-18/h5-8,10-12,16H,3-4,9,13-14H2,1-2H3,(H,27,31). The van der Waals surface area contributed by atoms with Gasteiger partial charge in [-0.3, -0.25) is 4.79 Å². The number of aromatic nitrogens is 3. The highest BCUT2D eigenvalue weighted by Gasteiger charge is 2.34. The van der Waals surface area contributed by atoms with Crippen molar-refractivity contribution >= 4 is 43.3 Å². The van der Waals surface area contributed by atoms with Crippen LogP contribution in [0.4, 0.5) is 5.82 Å². The van der Waals surface area contributed by atoms with Gasteiger partial charge in [-0.25, -0.2) is 13.4 Å². The van der Waals surface area contributed by atoms with E-state index in [1.54, 1.807) is 22.9 Å². The van der Waals surface area contributed by atoms with Crippen molar-refractivity contribution in [3.05, 3.63) is 48.2 Å². The predicted octanol–water partition coefficient (Wildman–Crippen LogP) is 3.57. The van der Waals surface area contributed by atoms with Crippen LogP contribution in [0.15, 0.2) is 47.4 Å². The summed E-state index contributed by atoms with van der Waals surface area (Å²) >= 11 is 1.42. The zero-order chi connectivity index (χ0) is 26.4. The fraction of sp³-hybridized carbons (Fsp3) is 0.320. The summed E-state index contributed by atoms with van der Waals surface area (Å²) in [6, 6.07) is 11.7. The molecule has 4 heterocycles. The van der Waals surface area contributed by atoms with Gasteiger partial charge in [0.15, 0.2) is 11.5 Å². The lowest BCUT2D eigenvalue weighted by Gasteiger charge is -2.31. The number of nitrogens with zero attached hydrogens (tertiary/aromatic N) is 4. The predicted molar refractivity (Wildman–Crippen MR) is 141 cm³/mol. The molecule has 0 saturated carbocycles. The van der Waals surface area contributed by atoms with Crippen molar-refractivity contribution in [2.24, 2.45) is 5.92 Å². The van der Waals surface area contributed by atoms with Gasteiger partial charge >= 0.3 is 0 Å². The lowest BCUT2D eigenvalue weighted by atomic mass is 9.99. The highest BCUT2D eigenvalue weighted by Crippen LogP contribution is 2.39. The number of benzene rings is 2. The SMILES string of the molecule is COc1ccc(S(=O)(=O)N2CCCC(C(=O)Nc3cc(C)nn3-c3nc4cc5c(cc4s3)OCO5)C2)cc1. The Labute approximate surface area is 223 Å². The van der Waals surface area contributed by atoms with Crippen LogP contribution < -0.4 is 19.5 Å². The molecule has 0 aliphatic carbocycles. The van der Waals surface area contributed by atoms with E-state index >= 15 is 0 Å². The number of amides is 1. The molecule has 0 spiro atoms. The Hall–Kier alpha value is -3.68. The molecule has 11 nitrogen and oxygen atoms in total. The third-order valence-electron chi connectivity index (χ3n) is 6.59. The molecule has 2 aromatic carbocycles. The van der Waals surface area contributed by atoms with Crippen molar-refractivity contribution in [1.29, 1.82) is 0 Å². The van der Waals surface area contributed by atoms with Crippen LogP contribution in [0.5, 0.6) is 17.2 Å². The summed E-state index contributed by atoms with van der Waals surface area (Å²) in [5.74, 6) is 1.60. The summed E-state index contributed by atoms with van der Waals surface area (Å²) in [5.41, 5.74) is 1.45. The number of carbonyl (C=O) groups is 1. The Kier molecular flexibility index (Phi) is 6.20. The largest absolute Gasteiger partial charge is 0.497 e. The smallest absolute Gasteiger partial charge is 0.243 e. The van der Waals surface area contributed by atoms with Crippen LogP contribution >= 0.6 is 11.3 Å². The average molecular weight is 556 g/mol. The minimum atomic E-state index is -3.74. The van der Waals surface area contributed by atoms with Gasteiger partial charge in [-0.2, -0.15) is 14.1 Å². The van der Waals surface area contributed by atoms with E-state index in [0.29, 0.717) is 53.3 Å². The van der Waals surface area contributed by atoms with Crippen molar-refractivity contribution in [2.75, 3.05) is 32.3 Å². The third kappa shape index (κ3) is 4.46. The number of hydrogen-bond acceptors (Lipinski definition) is 9. The Balaban J connectivity index is 1.21. The lowest BCUT2D eigenvalue weighted by molar-refractivity contribution is -0.120. The number of piperidine rings is 1. The molecule has 13 heteroatoms. The number of nitrogens with one attached hydrogen (secondary N) is 1. The maximum atomic E-state index is 13.3. The molecule has 2 aliphatic rings. The zero-order valence-electron chi connectivity index (χ0n) is 20.7. The van der Waals surface area contributed by atoms with Crippen molar-refractivity contribution < 1.29 is 27.4 Å².